The van der Waals surface area contributed by atoms with Crippen LogP contribution in [0.2, 0.25) is 0 Å². The summed E-state index contributed by atoms with van der Waals surface area (Å²) in [6.45, 7) is 3.89. The van der Waals surface area contributed by atoms with Gasteiger partial charge >= 0.3 is 0 Å². The number of aromatic nitrogens is 2. The minimum atomic E-state index is -0.829. The first-order chi connectivity index (χ1) is 8.09. The van der Waals surface area contributed by atoms with Gasteiger partial charge in [0.1, 0.15) is 11.9 Å². The number of hydrogen-bond donors (Lipinski definition) is 2. The Morgan fingerprint density at radius 3 is 2.71 bits per heavy atom. The smallest absolute Gasteiger partial charge is 0.129 e. The first kappa shape index (κ1) is 11.5. The Balaban J connectivity index is 2.44. The van der Waals surface area contributed by atoms with Crippen LogP contribution in [0.1, 0.15) is 28.5 Å². The molecule has 0 radical (unpaired) electrons. The Morgan fingerprint density at radius 2 is 2.06 bits per heavy atom. The van der Waals surface area contributed by atoms with Crippen LogP contribution in [-0.2, 0) is 0 Å². The number of nitrogens with two attached hydrogens (primary N) is 1. The minimum Gasteiger partial charge on any atom is -0.383 e. The maximum Gasteiger partial charge on any atom is 0.129 e. The highest BCUT2D eigenvalue weighted by molar-refractivity contribution is 5.44. The van der Waals surface area contributed by atoms with Crippen LogP contribution in [0.4, 0.5) is 5.82 Å². The van der Waals surface area contributed by atoms with Gasteiger partial charge in [-0.2, -0.15) is 0 Å². The van der Waals surface area contributed by atoms with Gasteiger partial charge in [0.15, 0.2) is 0 Å². The number of anilines is 1. The lowest BCUT2D eigenvalue weighted by Crippen LogP contribution is -2.08. The fourth-order valence-corrected chi connectivity index (χ4v) is 1.82. The number of aryl methyl sites for hydroxylation is 2. The molecule has 3 N–H and O–H groups in total. The molecule has 0 aliphatic carbocycles. The summed E-state index contributed by atoms with van der Waals surface area (Å²) < 4.78 is 0. The average molecular weight is 229 g/mol. The molecular weight excluding hydrogens is 214 g/mol. The molecule has 0 saturated heterocycles. The first-order valence-corrected chi connectivity index (χ1v) is 5.41. The predicted octanol–water partition coefficient (Wildman–Crippen LogP) is 1.76. The Hall–Kier alpha value is -1.94. The monoisotopic (exact) mass is 229 g/mol. The van der Waals surface area contributed by atoms with Crippen LogP contribution >= 0.6 is 0 Å². The number of pyridine rings is 2. The Morgan fingerprint density at radius 1 is 1.29 bits per heavy atom. The number of aliphatic hydroxyl groups excluding tert-OH is 1. The normalized spacial score (nSPS) is 12.4. The molecule has 4 heteroatoms. The highest BCUT2D eigenvalue weighted by atomic mass is 16.3. The summed E-state index contributed by atoms with van der Waals surface area (Å²) in [7, 11) is 0. The van der Waals surface area contributed by atoms with E-state index in [9.17, 15) is 5.11 Å². The van der Waals surface area contributed by atoms with Crippen molar-refractivity contribution in [2.75, 3.05) is 5.73 Å². The molecule has 2 aromatic rings. The van der Waals surface area contributed by atoms with E-state index in [4.69, 9.17) is 5.73 Å². The van der Waals surface area contributed by atoms with Crippen molar-refractivity contribution in [3.8, 4) is 0 Å². The van der Waals surface area contributed by atoms with Gasteiger partial charge in [-0.05, 0) is 31.0 Å². The lowest BCUT2D eigenvalue weighted by Gasteiger charge is -2.14. The molecule has 0 saturated carbocycles. The van der Waals surface area contributed by atoms with Crippen molar-refractivity contribution in [1.29, 1.82) is 0 Å². The summed E-state index contributed by atoms with van der Waals surface area (Å²) in [6, 6.07) is 5.49. The van der Waals surface area contributed by atoms with Gasteiger partial charge in [-0.25, -0.2) is 4.98 Å². The Labute approximate surface area is 100 Å². The second-order valence-electron chi connectivity index (χ2n) is 4.10. The minimum absolute atomic E-state index is 0.335. The van der Waals surface area contributed by atoms with Crippen molar-refractivity contribution in [3.05, 3.63) is 53.0 Å². The van der Waals surface area contributed by atoms with Gasteiger partial charge < -0.3 is 10.8 Å². The highest BCUT2D eigenvalue weighted by Crippen LogP contribution is 2.26. The van der Waals surface area contributed by atoms with E-state index in [0.717, 1.165) is 11.1 Å². The van der Waals surface area contributed by atoms with Gasteiger partial charge in [0, 0.05) is 18.0 Å². The summed E-state index contributed by atoms with van der Waals surface area (Å²) in [5.41, 5.74) is 8.96. The molecule has 0 fully saturated rings. The molecular formula is C13H15N3O. The van der Waals surface area contributed by atoms with E-state index in [1.165, 1.54) is 0 Å². The highest BCUT2D eigenvalue weighted by Gasteiger charge is 2.17. The van der Waals surface area contributed by atoms with Gasteiger partial charge in [-0.1, -0.05) is 12.1 Å². The first-order valence-electron chi connectivity index (χ1n) is 5.41. The van der Waals surface area contributed by atoms with Crippen LogP contribution in [0.15, 0.2) is 30.6 Å². The quantitative estimate of drug-likeness (QED) is 0.823. The van der Waals surface area contributed by atoms with E-state index in [1.807, 2.05) is 19.9 Å². The van der Waals surface area contributed by atoms with E-state index in [0.29, 0.717) is 17.1 Å². The molecule has 88 valence electrons. The third kappa shape index (κ3) is 2.26. The average Bonchev–Trinajstić information content (AvgIpc) is 2.29. The molecule has 4 nitrogen and oxygen atoms in total. The van der Waals surface area contributed by atoms with E-state index in [-0.39, 0.29) is 0 Å². The molecule has 2 heterocycles. The number of nitrogen functional groups attached to an aromatic ring is 1. The van der Waals surface area contributed by atoms with Crippen LogP contribution in [-0.4, -0.2) is 15.1 Å². The molecule has 0 amide bonds. The van der Waals surface area contributed by atoms with Crippen LogP contribution < -0.4 is 5.73 Å². The fourth-order valence-electron chi connectivity index (χ4n) is 1.82. The van der Waals surface area contributed by atoms with Crippen molar-refractivity contribution in [2.45, 2.75) is 20.0 Å². The summed E-state index contributed by atoms with van der Waals surface area (Å²) in [5.74, 6) is 0.335. The second kappa shape index (κ2) is 4.51. The lowest BCUT2D eigenvalue weighted by molar-refractivity contribution is 0.215. The molecule has 2 aromatic heterocycles. The van der Waals surface area contributed by atoms with Gasteiger partial charge in [0.2, 0.25) is 0 Å². The van der Waals surface area contributed by atoms with Crippen LogP contribution in [0.25, 0.3) is 0 Å². The van der Waals surface area contributed by atoms with Gasteiger partial charge in [0.25, 0.3) is 0 Å². The van der Waals surface area contributed by atoms with Gasteiger partial charge in [-0.15, -0.1) is 0 Å². The molecule has 0 bridgehead atoms. The molecule has 1 unspecified atom stereocenters. The number of rotatable bonds is 2. The third-order valence-corrected chi connectivity index (χ3v) is 2.68. The topological polar surface area (TPSA) is 72.0 Å². The molecule has 0 aliphatic rings. The summed E-state index contributed by atoms with van der Waals surface area (Å²) in [5, 5.41) is 10.3. The predicted molar refractivity (Wildman–Crippen MR) is 66.4 cm³/mol. The molecule has 1 atom stereocenters. The Bertz CT molecular complexity index is 540. The third-order valence-electron chi connectivity index (χ3n) is 2.68. The number of hydrogen-bond acceptors (Lipinski definition) is 4. The fraction of sp³-hybridized carbons (Fsp3) is 0.231. The zero-order valence-corrected chi connectivity index (χ0v) is 9.88. The van der Waals surface area contributed by atoms with Crippen LogP contribution in [0.5, 0.6) is 0 Å². The zero-order valence-electron chi connectivity index (χ0n) is 9.88. The van der Waals surface area contributed by atoms with E-state index < -0.39 is 6.10 Å². The van der Waals surface area contributed by atoms with Crippen molar-refractivity contribution >= 4 is 5.82 Å². The van der Waals surface area contributed by atoms with Crippen molar-refractivity contribution in [1.82, 2.24) is 9.97 Å². The van der Waals surface area contributed by atoms with E-state index in [2.05, 4.69) is 9.97 Å². The number of aliphatic hydroxyl groups is 1. The maximum atomic E-state index is 10.3. The molecule has 2 rings (SSSR count). The van der Waals surface area contributed by atoms with Crippen LogP contribution in [0.3, 0.4) is 0 Å². The standard InChI is InChI=1S/C13H15N3O/c1-8-6-9(2)11(16-7-8)12(17)10-4-3-5-15-13(10)14/h3-7,12,17H,1-2H3,(H2,14,15). The summed E-state index contributed by atoms with van der Waals surface area (Å²) in [6.07, 6.45) is 2.50. The molecule has 0 aromatic carbocycles. The van der Waals surface area contributed by atoms with Crippen molar-refractivity contribution in [3.63, 3.8) is 0 Å². The largest absolute Gasteiger partial charge is 0.383 e. The van der Waals surface area contributed by atoms with Crippen molar-refractivity contribution < 1.29 is 5.11 Å². The van der Waals surface area contributed by atoms with Gasteiger partial charge in [0.05, 0.1) is 5.69 Å². The molecule has 0 spiro atoms. The maximum absolute atomic E-state index is 10.3. The van der Waals surface area contributed by atoms with E-state index in [1.54, 1.807) is 24.5 Å². The lowest BCUT2D eigenvalue weighted by atomic mass is 10.0. The van der Waals surface area contributed by atoms with Crippen LogP contribution in [0, 0.1) is 13.8 Å². The van der Waals surface area contributed by atoms with Gasteiger partial charge in [-0.3, -0.25) is 4.98 Å². The zero-order chi connectivity index (χ0) is 12.4. The SMILES string of the molecule is Cc1cnc(C(O)c2cccnc2N)c(C)c1. The number of nitrogens with zero attached hydrogens (tertiary/aromatic N) is 2. The molecule has 0 aliphatic heterocycles. The Kier molecular flexibility index (Phi) is 3.06. The summed E-state index contributed by atoms with van der Waals surface area (Å²) in [4.78, 5) is 8.22. The van der Waals surface area contributed by atoms with E-state index >= 15 is 0 Å². The van der Waals surface area contributed by atoms with Crippen molar-refractivity contribution in [2.24, 2.45) is 0 Å². The second-order valence-corrected chi connectivity index (χ2v) is 4.10. The summed E-state index contributed by atoms with van der Waals surface area (Å²) >= 11 is 0. The molecule has 17 heavy (non-hydrogen) atoms.